The Morgan fingerprint density at radius 1 is 1.28 bits per heavy atom. The molecule has 1 amide bonds. The number of benzene rings is 1. The maximum Gasteiger partial charge on any atom is 0.217 e. The lowest BCUT2D eigenvalue weighted by atomic mass is 10.2. The van der Waals surface area contributed by atoms with Crippen LogP contribution in [0.15, 0.2) is 29.2 Å². The Hall–Kier alpha value is -1.56. The van der Waals surface area contributed by atoms with Crippen molar-refractivity contribution in [1.29, 1.82) is 0 Å². The first-order valence-electron chi connectivity index (χ1n) is 5.80. The Morgan fingerprint density at radius 2 is 1.89 bits per heavy atom. The summed E-state index contributed by atoms with van der Waals surface area (Å²) in [5.41, 5.74) is 5.85. The molecule has 5 nitrogen and oxygen atoms in total. The molecule has 0 aliphatic carbocycles. The Balaban J connectivity index is 2.53. The Bertz CT molecular complexity index is 495. The van der Waals surface area contributed by atoms with Gasteiger partial charge < -0.3 is 11.1 Å². The number of sulfone groups is 1. The van der Waals surface area contributed by atoms with Gasteiger partial charge in [-0.1, -0.05) is 6.92 Å². The molecule has 18 heavy (non-hydrogen) atoms. The highest BCUT2D eigenvalue weighted by Gasteiger charge is 2.10. The van der Waals surface area contributed by atoms with E-state index in [0.29, 0.717) is 24.3 Å². The first-order valence-corrected chi connectivity index (χ1v) is 7.46. The molecule has 1 rings (SSSR count). The van der Waals surface area contributed by atoms with Crippen LogP contribution < -0.4 is 11.1 Å². The first-order chi connectivity index (χ1) is 8.45. The van der Waals surface area contributed by atoms with Crippen molar-refractivity contribution in [3.63, 3.8) is 0 Å². The lowest BCUT2D eigenvalue weighted by Crippen LogP contribution is -2.12. The largest absolute Gasteiger partial charge is 0.385 e. The summed E-state index contributed by atoms with van der Waals surface area (Å²) in [7, 11) is -3.14. The summed E-state index contributed by atoms with van der Waals surface area (Å²) in [6.45, 7) is 2.24. The maximum absolute atomic E-state index is 11.6. The molecular weight excluding hydrogens is 252 g/mol. The van der Waals surface area contributed by atoms with Crippen molar-refractivity contribution in [2.45, 2.75) is 24.7 Å². The maximum atomic E-state index is 11.6. The summed E-state index contributed by atoms with van der Waals surface area (Å²) in [5.74, 6) is -0.223. The van der Waals surface area contributed by atoms with E-state index >= 15 is 0 Å². The normalized spacial score (nSPS) is 11.2. The molecule has 0 bridgehead atoms. The van der Waals surface area contributed by atoms with Gasteiger partial charge in [0.2, 0.25) is 5.91 Å². The summed E-state index contributed by atoms with van der Waals surface area (Å²) in [6.07, 6.45) is 1.000. The number of anilines is 1. The molecule has 0 radical (unpaired) electrons. The third-order valence-corrected chi connectivity index (χ3v) is 4.27. The predicted octanol–water partition coefficient (Wildman–Crippen LogP) is 1.16. The van der Waals surface area contributed by atoms with Crippen molar-refractivity contribution in [3.05, 3.63) is 24.3 Å². The van der Waals surface area contributed by atoms with Crippen LogP contribution in [0.1, 0.15) is 19.8 Å². The lowest BCUT2D eigenvalue weighted by molar-refractivity contribution is -0.118. The monoisotopic (exact) mass is 270 g/mol. The fraction of sp³-hybridized carbons (Fsp3) is 0.417. The number of carbonyl (C=O) groups is 1. The van der Waals surface area contributed by atoms with Gasteiger partial charge in [0.25, 0.3) is 0 Å². The average Bonchev–Trinajstić information content (AvgIpc) is 2.35. The van der Waals surface area contributed by atoms with Crippen molar-refractivity contribution in [1.82, 2.24) is 0 Å². The summed E-state index contributed by atoms with van der Waals surface area (Å²) >= 11 is 0. The minimum absolute atomic E-state index is 0.0956. The van der Waals surface area contributed by atoms with E-state index in [0.717, 1.165) is 5.69 Å². The zero-order valence-electron chi connectivity index (χ0n) is 10.3. The highest BCUT2D eigenvalue weighted by atomic mass is 32.2. The summed E-state index contributed by atoms with van der Waals surface area (Å²) in [6, 6.07) is 6.59. The van der Waals surface area contributed by atoms with Crippen molar-refractivity contribution in [3.8, 4) is 0 Å². The molecule has 0 aliphatic rings. The first kappa shape index (κ1) is 14.5. The van der Waals surface area contributed by atoms with Gasteiger partial charge in [-0.15, -0.1) is 0 Å². The van der Waals surface area contributed by atoms with Crippen molar-refractivity contribution in [2.75, 3.05) is 17.6 Å². The van der Waals surface area contributed by atoms with Gasteiger partial charge in [0, 0.05) is 18.7 Å². The minimum atomic E-state index is -3.14. The van der Waals surface area contributed by atoms with Crippen LogP contribution >= 0.6 is 0 Å². The number of nitrogens with one attached hydrogen (secondary N) is 1. The topological polar surface area (TPSA) is 89.3 Å². The molecule has 0 saturated heterocycles. The Morgan fingerprint density at radius 3 is 2.39 bits per heavy atom. The number of hydrogen-bond acceptors (Lipinski definition) is 4. The number of primary amides is 1. The fourth-order valence-electron chi connectivity index (χ4n) is 1.44. The Labute approximate surface area is 107 Å². The second-order valence-electron chi connectivity index (χ2n) is 3.92. The van der Waals surface area contributed by atoms with Gasteiger partial charge in [-0.05, 0) is 30.7 Å². The van der Waals surface area contributed by atoms with Gasteiger partial charge >= 0.3 is 0 Å². The molecule has 1 aromatic rings. The summed E-state index contributed by atoms with van der Waals surface area (Å²) in [4.78, 5) is 10.9. The van der Waals surface area contributed by atoms with Gasteiger partial charge in [0.15, 0.2) is 9.84 Å². The molecule has 3 N–H and O–H groups in total. The highest BCUT2D eigenvalue weighted by Crippen LogP contribution is 2.15. The molecule has 0 heterocycles. The quantitative estimate of drug-likeness (QED) is 0.727. The van der Waals surface area contributed by atoms with Crippen LogP contribution in [-0.2, 0) is 14.6 Å². The molecule has 0 aliphatic heterocycles. The van der Waals surface area contributed by atoms with Crippen LogP contribution in [-0.4, -0.2) is 26.6 Å². The average molecular weight is 270 g/mol. The molecule has 0 aromatic heterocycles. The van der Waals surface area contributed by atoms with E-state index in [1.54, 1.807) is 31.2 Å². The van der Waals surface area contributed by atoms with Crippen LogP contribution in [0.5, 0.6) is 0 Å². The molecule has 0 unspecified atom stereocenters. The number of nitrogens with two attached hydrogens (primary N) is 1. The third kappa shape index (κ3) is 4.37. The van der Waals surface area contributed by atoms with E-state index < -0.39 is 9.84 Å². The summed E-state index contributed by atoms with van der Waals surface area (Å²) < 4.78 is 23.2. The smallest absolute Gasteiger partial charge is 0.217 e. The highest BCUT2D eigenvalue weighted by molar-refractivity contribution is 7.91. The minimum Gasteiger partial charge on any atom is -0.385 e. The molecule has 0 saturated carbocycles. The number of hydrogen-bond donors (Lipinski definition) is 2. The van der Waals surface area contributed by atoms with Crippen LogP contribution in [0.3, 0.4) is 0 Å². The van der Waals surface area contributed by atoms with Crippen molar-refractivity contribution >= 4 is 21.4 Å². The summed E-state index contributed by atoms with van der Waals surface area (Å²) in [5, 5.41) is 3.09. The molecule has 100 valence electrons. The van der Waals surface area contributed by atoms with E-state index in [1.165, 1.54) is 0 Å². The van der Waals surface area contributed by atoms with Crippen LogP contribution in [0.25, 0.3) is 0 Å². The fourth-order valence-corrected chi connectivity index (χ4v) is 2.33. The molecule has 6 heteroatoms. The zero-order valence-corrected chi connectivity index (χ0v) is 11.2. The SMILES string of the molecule is CCS(=O)(=O)c1ccc(NCCCC(N)=O)cc1. The number of amides is 1. The van der Waals surface area contributed by atoms with E-state index in [-0.39, 0.29) is 11.7 Å². The van der Waals surface area contributed by atoms with Gasteiger partial charge in [0.05, 0.1) is 10.6 Å². The van der Waals surface area contributed by atoms with Gasteiger partial charge in [-0.3, -0.25) is 4.79 Å². The van der Waals surface area contributed by atoms with E-state index in [1.807, 2.05) is 0 Å². The molecular formula is C12H18N2O3S. The lowest BCUT2D eigenvalue weighted by Gasteiger charge is -2.07. The van der Waals surface area contributed by atoms with Gasteiger partial charge in [0.1, 0.15) is 0 Å². The number of rotatable bonds is 7. The molecule has 0 fully saturated rings. The van der Waals surface area contributed by atoms with E-state index in [9.17, 15) is 13.2 Å². The predicted molar refractivity (Wildman–Crippen MR) is 71.1 cm³/mol. The second-order valence-corrected chi connectivity index (χ2v) is 6.20. The van der Waals surface area contributed by atoms with Crippen LogP contribution in [0.4, 0.5) is 5.69 Å². The van der Waals surface area contributed by atoms with Gasteiger partial charge in [-0.25, -0.2) is 8.42 Å². The van der Waals surface area contributed by atoms with E-state index in [4.69, 9.17) is 5.73 Å². The second kappa shape index (κ2) is 6.39. The van der Waals surface area contributed by atoms with Crippen molar-refractivity contribution < 1.29 is 13.2 Å². The Kier molecular flexibility index (Phi) is 5.15. The van der Waals surface area contributed by atoms with Gasteiger partial charge in [-0.2, -0.15) is 0 Å². The van der Waals surface area contributed by atoms with Crippen LogP contribution in [0.2, 0.25) is 0 Å². The molecule has 1 aromatic carbocycles. The van der Waals surface area contributed by atoms with Crippen LogP contribution in [0, 0.1) is 0 Å². The number of carbonyl (C=O) groups excluding carboxylic acids is 1. The molecule has 0 spiro atoms. The van der Waals surface area contributed by atoms with Crippen molar-refractivity contribution in [2.24, 2.45) is 5.73 Å². The third-order valence-electron chi connectivity index (χ3n) is 2.52. The standard InChI is InChI=1S/C12H18N2O3S/c1-2-18(16,17)11-7-5-10(6-8-11)14-9-3-4-12(13)15/h5-8,14H,2-4,9H2,1H3,(H2,13,15). The molecule has 0 atom stereocenters. The van der Waals surface area contributed by atoms with E-state index in [2.05, 4.69) is 5.32 Å². The zero-order chi connectivity index (χ0) is 13.6.